The fraction of sp³-hybridized carbons (Fsp3) is 0.158. The zero-order chi connectivity index (χ0) is 16.4. The lowest BCUT2D eigenvalue weighted by molar-refractivity contribution is -0.119. The van der Waals surface area contributed by atoms with Crippen molar-refractivity contribution in [1.29, 1.82) is 0 Å². The summed E-state index contributed by atoms with van der Waals surface area (Å²) in [4.78, 5) is 24.4. The number of nitrogens with zero attached hydrogens (tertiary/aromatic N) is 1. The van der Waals surface area contributed by atoms with Gasteiger partial charge in [0.15, 0.2) is 0 Å². The fourth-order valence-corrected chi connectivity index (χ4v) is 2.51. The number of benzene rings is 1. The van der Waals surface area contributed by atoms with Gasteiger partial charge in [-0.3, -0.25) is 9.59 Å². The molecular weight excluding hydrogens is 290 g/mol. The molecule has 1 atom stereocenters. The highest BCUT2D eigenvalue weighted by Crippen LogP contribution is 2.25. The maximum Gasteiger partial charge on any atom is 0.258 e. The molecule has 2 aliphatic rings. The van der Waals surface area contributed by atoms with Crippen molar-refractivity contribution in [2.45, 2.75) is 19.4 Å². The maximum atomic E-state index is 11.6. The number of ether oxygens (including phenoxy) is 1. The van der Waals surface area contributed by atoms with Crippen LogP contribution in [0.15, 0.2) is 72.4 Å². The van der Waals surface area contributed by atoms with Gasteiger partial charge in [-0.05, 0) is 42.8 Å². The minimum atomic E-state index is -0.323. The number of anilines is 1. The first kappa shape index (κ1) is 15.0. The molecule has 1 aliphatic heterocycles. The molecule has 0 bridgehead atoms. The van der Waals surface area contributed by atoms with Crippen molar-refractivity contribution in [3.63, 3.8) is 0 Å². The van der Waals surface area contributed by atoms with Gasteiger partial charge in [0.25, 0.3) is 11.8 Å². The van der Waals surface area contributed by atoms with Crippen LogP contribution in [0.4, 0.5) is 5.69 Å². The van der Waals surface area contributed by atoms with E-state index in [-0.39, 0.29) is 17.9 Å². The van der Waals surface area contributed by atoms with Crippen LogP contribution in [0.25, 0.3) is 0 Å². The van der Waals surface area contributed by atoms with E-state index in [1.165, 1.54) is 12.2 Å². The molecule has 116 valence electrons. The van der Waals surface area contributed by atoms with Crippen LogP contribution in [0.2, 0.25) is 0 Å². The lowest BCUT2D eigenvalue weighted by atomic mass is 10.0. The molecule has 4 nitrogen and oxygen atoms in total. The van der Waals surface area contributed by atoms with Crippen LogP contribution >= 0.6 is 0 Å². The number of amides is 2. The summed E-state index contributed by atoms with van der Waals surface area (Å²) in [7, 11) is 0. The molecule has 1 aliphatic carbocycles. The first-order valence-electron chi connectivity index (χ1n) is 7.42. The smallest absolute Gasteiger partial charge is 0.258 e. The van der Waals surface area contributed by atoms with Crippen molar-refractivity contribution < 1.29 is 14.3 Å². The summed E-state index contributed by atoms with van der Waals surface area (Å²) in [6.45, 7) is 5.90. The van der Waals surface area contributed by atoms with Gasteiger partial charge in [0.2, 0.25) is 0 Å². The molecule has 4 heteroatoms. The molecule has 0 fully saturated rings. The van der Waals surface area contributed by atoms with Gasteiger partial charge in [-0.1, -0.05) is 24.3 Å². The summed E-state index contributed by atoms with van der Waals surface area (Å²) in [5, 5.41) is 0. The maximum absolute atomic E-state index is 11.6. The van der Waals surface area contributed by atoms with Gasteiger partial charge in [0.1, 0.15) is 11.9 Å². The van der Waals surface area contributed by atoms with Gasteiger partial charge in [-0.15, -0.1) is 0 Å². The van der Waals surface area contributed by atoms with Crippen molar-refractivity contribution in [2.24, 2.45) is 0 Å². The predicted molar refractivity (Wildman–Crippen MR) is 89.1 cm³/mol. The van der Waals surface area contributed by atoms with E-state index in [0.717, 1.165) is 22.5 Å². The number of rotatable bonds is 4. The summed E-state index contributed by atoms with van der Waals surface area (Å²) in [5.74, 6) is 0.0512. The Kier molecular flexibility index (Phi) is 3.98. The minimum absolute atomic E-state index is 0.0272. The average molecular weight is 307 g/mol. The molecule has 2 amide bonds. The monoisotopic (exact) mass is 307 g/mol. The molecule has 23 heavy (non-hydrogen) atoms. The Hall–Kier alpha value is -2.88. The van der Waals surface area contributed by atoms with Crippen LogP contribution in [0.5, 0.6) is 5.75 Å². The highest BCUT2D eigenvalue weighted by Gasteiger charge is 2.24. The number of carbonyl (C=O) groups excluding carboxylic acids is 2. The van der Waals surface area contributed by atoms with Crippen molar-refractivity contribution in [3.05, 3.63) is 72.4 Å². The normalized spacial score (nSPS) is 20.0. The number of hydrogen-bond acceptors (Lipinski definition) is 3. The van der Waals surface area contributed by atoms with Crippen LogP contribution in [0.1, 0.15) is 13.3 Å². The van der Waals surface area contributed by atoms with E-state index in [9.17, 15) is 9.59 Å². The summed E-state index contributed by atoms with van der Waals surface area (Å²) < 4.78 is 5.89. The summed E-state index contributed by atoms with van der Waals surface area (Å²) in [5.41, 5.74) is 2.72. The zero-order valence-corrected chi connectivity index (χ0v) is 12.9. The topological polar surface area (TPSA) is 46.6 Å². The molecule has 1 heterocycles. The van der Waals surface area contributed by atoms with Crippen LogP contribution in [0, 0.1) is 0 Å². The number of carbonyl (C=O) groups is 2. The number of allylic oxidation sites excluding steroid dienone is 3. The lowest BCUT2D eigenvalue weighted by Crippen LogP contribution is -2.29. The second-order valence-corrected chi connectivity index (χ2v) is 5.53. The highest BCUT2D eigenvalue weighted by atomic mass is 16.5. The zero-order valence-electron chi connectivity index (χ0n) is 12.9. The molecule has 1 unspecified atom stereocenters. The molecule has 0 aromatic heterocycles. The Bertz CT molecular complexity index is 735. The Morgan fingerprint density at radius 3 is 2.30 bits per heavy atom. The number of hydrogen-bond donors (Lipinski definition) is 0. The first-order valence-corrected chi connectivity index (χ1v) is 7.42. The van der Waals surface area contributed by atoms with Crippen molar-refractivity contribution >= 4 is 17.5 Å². The Morgan fingerprint density at radius 2 is 1.78 bits per heavy atom. The largest absolute Gasteiger partial charge is 0.486 e. The van der Waals surface area contributed by atoms with Gasteiger partial charge >= 0.3 is 0 Å². The molecular formula is C19H17NO3. The van der Waals surface area contributed by atoms with Gasteiger partial charge < -0.3 is 4.74 Å². The minimum Gasteiger partial charge on any atom is -0.486 e. The predicted octanol–water partition coefficient (Wildman–Crippen LogP) is 3.33. The first-order chi connectivity index (χ1) is 11.0. The van der Waals surface area contributed by atoms with E-state index in [4.69, 9.17) is 4.74 Å². The fourth-order valence-electron chi connectivity index (χ4n) is 2.51. The Balaban J connectivity index is 1.65. The van der Waals surface area contributed by atoms with Crippen molar-refractivity contribution in [1.82, 2.24) is 0 Å². The third kappa shape index (κ3) is 3.16. The quantitative estimate of drug-likeness (QED) is 0.802. The van der Waals surface area contributed by atoms with Crippen LogP contribution in [-0.4, -0.2) is 17.9 Å². The molecule has 3 rings (SSSR count). The van der Waals surface area contributed by atoms with Gasteiger partial charge in [-0.25, -0.2) is 4.90 Å². The van der Waals surface area contributed by atoms with E-state index in [0.29, 0.717) is 11.4 Å². The van der Waals surface area contributed by atoms with Gasteiger partial charge in [0, 0.05) is 18.6 Å². The number of imide groups is 1. The van der Waals surface area contributed by atoms with E-state index < -0.39 is 0 Å². The van der Waals surface area contributed by atoms with Crippen molar-refractivity contribution in [3.8, 4) is 5.75 Å². The third-order valence-corrected chi connectivity index (χ3v) is 3.74. The second kappa shape index (κ2) is 6.08. The lowest BCUT2D eigenvalue weighted by Gasteiger charge is -2.19. The Labute approximate surface area is 135 Å². The average Bonchev–Trinajstić information content (AvgIpc) is 2.88. The molecule has 0 saturated carbocycles. The second-order valence-electron chi connectivity index (χ2n) is 5.53. The van der Waals surface area contributed by atoms with Gasteiger partial charge in [0.05, 0.1) is 5.69 Å². The SMILES string of the molecule is C=C(C)C1=CCC(Oc2ccc(N3C(=O)C=CC3=O)cc2)C=C1. The van der Waals surface area contributed by atoms with E-state index >= 15 is 0 Å². The summed E-state index contributed by atoms with van der Waals surface area (Å²) in [6, 6.07) is 6.94. The molecule has 0 saturated heterocycles. The molecule has 1 aromatic carbocycles. The standard InChI is InChI=1S/C19H17NO3/c1-13(2)14-3-7-16(8-4-14)23-17-9-5-15(6-10-17)20-18(21)11-12-19(20)22/h3-7,9-12,16H,1,8H2,2H3. The van der Waals surface area contributed by atoms with Crippen LogP contribution in [0.3, 0.4) is 0 Å². The van der Waals surface area contributed by atoms with E-state index in [1.807, 2.05) is 19.1 Å². The third-order valence-electron chi connectivity index (χ3n) is 3.74. The van der Waals surface area contributed by atoms with Crippen molar-refractivity contribution in [2.75, 3.05) is 4.90 Å². The molecule has 0 spiro atoms. The van der Waals surface area contributed by atoms with Crippen LogP contribution < -0.4 is 9.64 Å². The highest BCUT2D eigenvalue weighted by molar-refractivity contribution is 6.28. The van der Waals surface area contributed by atoms with Crippen LogP contribution in [-0.2, 0) is 9.59 Å². The Morgan fingerprint density at radius 1 is 1.13 bits per heavy atom. The molecule has 0 N–H and O–H groups in total. The van der Waals surface area contributed by atoms with E-state index in [2.05, 4.69) is 12.7 Å². The van der Waals surface area contributed by atoms with E-state index in [1.54, 1.807) is 24.3 Å². The summed E-state index contributed by atoms with van der Waals surface area (Å²) in [6.07, 6.45) is 9.42. The molecule has 0 radical (unpaired) electrons. The molecule has 1 aromatic rings. The summed E-state index contributed by atoms with van der Waals surface area (Å²) >= 11 is 0. The van der Waals surface area contributed by atoms with Gasteiger partial charge in [-0.2, -0.15) is 0 Å².